The highest BCUT2D eigenvalue weighted by atomic mass is 16.1. The van der Waals surface area contributed by atoms with Gasteiger partial charge in [-0.3, -0.25) is 9.69 Å². The van der Waals surface area contributed by atoms with Gasteiger partial charge in [0.05, 0.1) is 5.54 Å². The van der Waals surface area contributed by atoms with Crippen molar-refractivity contribution >= 4 is 5.91 Å². The molecule has 1 aliphatic rings. The second kappa shape index (κ2) is 7.41. The first-order valence-corrected chi connectivity index (χ1v) is 8.09. The van der Waals surface area contributed by atoms with Gasteiger partial charge in [0.15, 0.2) is 0 Å². The van der Waals surface area contributed by atoms with E-state index in [-0.39, 0.29) is 5.91 Å². The molecule has 4 heteroatoms. The molecule has 0 saturated heterocycles. The number of carbonyl (C=O) groups is 1. The maximum atomic E-state index is 11.9. The summed E-state index contributed by atoms with van der Waals surface area (Å²) in [7, 11) is 0. The Balaban J connectivity index is 2.76. The van der Waals surface area contributed by atoms with E-state index in [1.54, 1.807) is 0 Å². The number of hydrogen-bond acceptors (Lipinski definition) is 3. The molecule has 0 spiro atoms. The molecule has 2 unspecified atom stereocenters. The summed E-state index contributed by atoms with van der Waals surface area (Å²) in [5, 5.41) is 3.35. The van der Waals surface area contributed by atoms with Crippen LogP contribution in [0.25, 0.3) is 0 Å². The van der Waals surface area contributed by atoms with Crippen molar-refractivity contribution in [1.29, 1.82) is 0 Å². The fraction of sp³-hybridized carbons (Fsp3) is 0.938. The topological polar surface area (TPSA) is 58.4 Å². The van der Waals surface area contributed by atoms with E-state index in [0.29, 0.717) is 17.9 Å². The molecule has 0 aromatic carbocycles. The molecule has 0 aromatic heterocycles. The van der Waals surface area contributed by atoms with Crippen LogP contribution in [-0.4, -0.2) is 42.0 Å². The molecule has 4 nitrogen and oxygen atoms in total. The van der Waals surface area contributed by atoms with E-state index < -0.39 is 5.54 Å². The molecule has 20 heavy (non-hydrogen) atoms. The van der Waals surface area contributed by atoms with Gasteiger partial charge in [0.1, 0.15) is 0 Å². The lowest BCUT2D eigenvalue weighted by Crippen LogP contribution is -2.54. The molecule has 1 saturated carbocycles. The lowest BCUT2D eigenvalue weighted by molar-refractivity contribution is -0.124. The third-order valence-corrected chi connectivity index (χ3v) is 4.19. The van der Waals surface area contributed by atoms with Gasteiger partial charge >= 0.3 is 0 Å². The predicted octanol–water partition coefficient (Wildman–Crippen LogP) is 1.99. The zero-order valence-electron chi connectivity index (χ0n) is 13.9. The average Bonchev–Trinajstić information content (AvgIpc) is 2.73. The fourth-order valence-corrected chi connectivity index (χ4v) is 3.45. The zero-order chi connectivity index (χ0) is 15.3. The molecule has 1 rings (SSSR count). The number of rotatable bonds is 8. The van der Waals surface area contributed by atoms with Crippen LogP contribution in [0.3, 0.4) is 0 Å². The lowest BCUT2D eigenvalue weighted by atomic mass is 9.96. The summed E-state index contributed by atoms with van der Waals surface area (Å²) in [5.41, 5.74) is 5.18. The Hall–Kier alpha value is -0.610. The molecule has 0 bridgehead atoms. The van der Waals surface area contributed by atoms with Crippen molar-refractivity contribution in [3.63, 3.8) is 0 Å². The molecule has 0 radical (unpaired) electrons. The van der Waals surface area contributed by atoms with Gasteiger partial charge in [-0.25, -0.2) is 0 Å². The van der Waals surface area contributed by atoms with E-state index in [4.69, 9.17) is 5.73 Å². The number of hydrogen-bond donors (Lipinski definition) is 2. The zero-order valence-corrected chi connectivity index (χ0v) is 13.9. The summed E-state index contributed by atoms with van der Waals surface area (Å²) in [4.78, 5) is 14.4. The van der Waals surface area contributed by atoms with Gasteiger partial charge in [-0.05, 0) is 37.6 Å². The standard InChI is InChI=1S/C16H33N3O/c1-6-18-16(15(17)20)8-7-14(9-16)19(10-12(2)3)11-13(4)5/h12-14,18H,6-11H2,1-5H3,(H2,17,20). The summed E-state index contributed by atoms with van der Waals surface area (Å²) in [6.45, 7) is 14.1. The number of nitrogens with zero attached hydrogens (tertiary/aromatic N) is 1. The number of carbonyl (C=O) groups excluding carboxylic acids is 1. The van der Waals surface area contributed by atoms with Gasteiger partial charge in [-0.2, -0.15) is 0 Å². The third-order valence-electron chi connectivity index (χ3n) is 4.19. The summed E-state index contributed by atoms with van der Waals surface area (Å²) < 4.78 is 0. The first-order chi connectivity index (χ1) is 9.30. The van der Waals surface area contributed by atoms with Crippen molar-refractivity contribution in [3.05, 3.63) is 0 Å². The molecule has 3 N–H and O–H groups in total. The SMILES string of the molecule is CCNC1(C(N)=O)CCC(N(CC(C)C)CC(C)C)C1. The Labute approximate surface area is 124 Å². The highest BCUT2D eigenvalue weighted by Crippen LogP contribution is 2.33. The van der Waals surface area contributed by atoms with Crippen LogP contribution >= 0.6 is 0 Å². The van der Waals surface area contributed by atoms with Crippen LogP contribution in [0.5, 0.6) is 0 Å². The molecule has 1 fully saturated rings. The van der Waals surface area contributed by atoms with Crippen molar-refractivity contribution in [1.82, 2.24) is 10.2 Å². The molecule has 0 heterocycles. The average molecular weight is 283 g/mol. The van der Waals surface area contributed by atoms with Gasteiger partial charge in [-0.15, -0.1) is 0 Å². The molecule has 1 amide bonds. The molecule has 118 valence electrons. The molecule has 1 aliphatic carbocycles. The fourth-order valence-electron chi connectivity index (χ4n) is 3.45. The van der Waals surface area contributed by atoms with Crippen molar-refractivity contribution in [2.45, 2.75) is 65.5 Å². The molecular formula is C16H33N3O. The minimum atomic E-state index is -0.481. The maximum Gasteiger partial charge on any atom is 0.237 e. The van der Waals surface area contributed by atoms with Crippen LogP contribution < -0.4 is 11.1 Å². The Kier molecular flexibility index (Phi) is 6.46. The Bertz CT molecular complexity index is 307. The van der Waals surface area contributed by atoms with Gasteiger partial charge in [0.2, 0.25) is 5.91 Å². The maximum absolute atomic E-state index is 11.9. The number of primary amides is 1. The third kappa shape index (κ3) is 4.45. The van der Waals surface area contributed by atoms with E-state index in [9.17, 15) is 4.79 Å². The second-order valence-electron chi connectivity index (χ2n) is 7.11. The highest BCUT2D eigenvalue weighted by molar-refractivity contribution is 5.85. The van der Waals surface area contributed by atoms with Crippen LogP contribution in [0.4, 0.5) is 0 Å². The van der Waals surface area contributed by atoms with E-state index in [1.165, 1.54) is 0 Å². The number of nitrogens with two attached hydrogens (primary N) is 1. The first-order valence-electron chi connectivity index (χ1n) is 8.09. The van der Waals surface area contributed by atoms with E-state index >= 15 is 0 Å². The van der Waals surface area contributed by atoms with Gasteiger partial charge in [0.25, 0.3) is 0 Å². The van der Waals surface area contributed by atoms with Crippen LogP contribution in [0.15, 0.2) is 0 Å². The van der Waals surface area contributed by atoms with Crippen LogP contribution in [-0.2, 0) is 4.79 Å². The minimum Gasteiger partial charge on any atom is -0.368 e. The summed E-state index contributed by atoms with van der Waals surface area (Å²) in [5.74, 6) is 1.11. The van der Waals surface area contributed by atoms with Crippen LogP contribution in [0.2, 0.25) is 0 Å². The molecule has 0 aromatic rings. The van der Waals surface area contributed by atoms with E-state index in [2.05, 4.69) is 37.9 Å². The number of nitrogens with one attached hydrogen (secondary N) is 1. The number of amides is 1. The van der Waals surface area contributed by atoms with Crippen molar-refractivity contribution < 1.29 is 4.79 Å². The van der Waals surface area contributed by atoms with Crippen LogP contribution in [0, 0.1) is 11.8 Å². The summed E-state index contributed by atoms with van der Waals surface area (Å²) >= 11 is 0. The van der Waals surface area contributed by atoms with Gasteiger partial charge in [-0.1, -0.05) is 34.6 Å². The van der Waals surface area contributed by atoms with Crippen molar-refractivity contribution in [3.8, 4) is 0 Å². The Morgan fingerprint density at radius 1 is 1.30 bits per heavy atom. The molecular weight excluding hydrogens is 250 g/mol. The van der Waals surface area contributed by atoms with Crippen molar-refractivity contribution in [2.75, 3.05) is 19.6 Å². The van der Waals surface area contributed by atoms with Crippen molar-refractivity contribution in [2.24, 2.45) is 17.6 Å². The quantitative estimate of drug-likeness (QED) is 0.716. The van der Waals surface area contributed by atoms with E-state index in [0.717, 1.165) is 38.9 Å². The summed E-state index contributed by atoms with van der Waals surface area (Å²) in [6.07, 6.45) is 2.79. The second-order valence-corrected chi connectivity index (χ2v) is 7.11. The molecule has 2 atom stereocenters. The Morgan fingerprint density at radius 2 is 1.85 bits per heavy atom. The van der Waals surface area contributed by atoms with Crippen LogP contribution in [0.1, 0.15) is 53.9 Å². The Morgan fingerprint density at radius 3 is 2.25 bits per heavy atom. The minimum absolute atomic E-state index is 0.184. The monoisotopic (exact) mass is 283 g/mol. The lowest BCUT2D eigenvalue weighted by Gasteiger charge is -2.33. The highest BCUT2D eigenvalue weighted by Gasteiger charge is 2.45. The van der Waals surface area contributed by atoms with E-state index in [1.807, 2.05) is 6.92 Å². The van der Waals surface area contributed by atoms with Gasteiger partial charge < -0.3 is 11.1 Å². The normalized spacial score (nSPS) is 26.9. The van der Waals surface area contributed by atoms with Gasteiger partial charge in [0, 0.05) is 19.1 Å². The first kappa shape index (κ1) is 17.4. The predicted molar refractivity (Wildman–Crippen MR) is 84.5 cm³/mol. The number of likely N-dealkylation sites (N-methyl/N-ethyl adjacent to an activating group) is 1. The smallest absolute Gasteiger partial charge is 0.237 e. The molecule has 0 aliphatic heterocycles. The largest absolute Gasteiger partial charge is 0.368 e. The summed E-state index contributed by atoms with van der Waals surface area (Å²) in [6, 6.07) is 0.478.